The van der Waals surface area contributed by atoms with Gasteiger partial charge in [-0.15, -0.1) is 0 Å². The van der Waals surface area contributed by atoms with Gasteiger partial charge in [-0.1, -0.05) is 26.0 Å². The molecule has 0 spiro atoms. The van der Waals surface area contributed by atoms with E-state index in [1.165, 1.54) is 28.1 Å². The largest absolute Gasteiger partial charge is 0.465 e. The maximum atomic E-state index is 13.4. The monoisotopic (exact) mass is 490 g/mol. The number of nitrogens with zero attached hydrogens (tertiary/aromatic N) is 2. The van der Waals surface area contributed by atoms with Crippen molar-refractivity contribution in [3.63, 3.8) is 0 Å². The number of fused-ring (bicyclic) bond motifs is 1. The van der Waals surface area contributed by atoms with Crippen LogP contribution in [0.15, 0.2) is 29.2 Å². The van der Waals surface area contributed by atoms with Crippen LogP contribution in [0.5, 0.6) is 0 Å². The molecule has 0 bridgehead atoms. The highest BCUT2D eigenvalue weighted by atomic mass is 32.8. The summed E-state index contributed by atoms with van der Waals surface area (Å²) < 4.78 is 23.0. The molecule has 1 saturated heterocycles. The molecule has 0 saturated carbocycles. The first-order valence-electron chi connectivity index (χ1n) is 12.2. The van der Waals surface area contributed by atoms with Crippen LogP contribution in [0.2, 0.25) is 0 Å². The van der Waals surface area contributed by atoms with Crippen LogP contribution >= 0.6 is 8.44 Å². The molecule has 7 heteroatoms. The highest BCUT2D eigenvalue weighted by Gasteiger charge is 2.32. The van der Waals surface area contributed by atoms with Crippen LogP contribution in [0.1, 0.15) is 68.1 Å². The van der Waals surface area contributed by atoms with Gasteiger partial charge in [0.05, 0.1) is 6.61 Å². The highest BCUT2D eigenvalue weighted by molar-refractivity contribution is 8.43. The predicted octanol–water partition coefficient (Wildman–Crippen LogP) is 4.64. The zero-order valence-electron chi connectivity index (χ0n) is 20.5. The van der Waals surface area contributed by atoms with Gasteiger partial charge in [0.25, 0.3) is 0 Å². The molecule has 1 aliphatic heterocycles. The Morgan fingerprint density at radius 1 is 1.18 bits per heavy atom. The Bertz CT molecular complexity index is 1070. The maximum Gasteiger partial charge on any atom is 0.325 e. The number of aromatic nitrogens is 1. The summed E-state index contributed by atoms with van der Waals surface area (Å²) >= 11 is 0. The van der Waals surface area contributed by atoms with Gasteiger partial charge in [0.1, 0.15) is 6.54 Å². The molecular weight excluding hydrogens is 451 g/mol. The number of esters is 1. The lowest BCUT2D eigenvalue weighted by Gasteiger charge is -2.31. The van der Waals surface area contributed by atoms with Crippen molar-refractivity contribution in [1.82, 2.24) is 8.87 Å². The van der Waals surface area contributed by atoms with Crippen molar-refractivity contribution < 1.29 is 13.7 Å². The van der Waals surface area contributed by atoms with Gasteiger partial charge < -0.3 is 9.30 Å². The fraction of sp³-hybridized carbons (Fsp3) is 0.577. The van der Waals surface area contributed by atoms with Gasteiger partial charge in [-0.25, -0.2) is 4.31 Å². The number of rotatable bonds is 7. The van der Waals surface area contributed by atoms with Crippen molar-refractivity contribution in [3.05, 3.63) is 52.3 Å². The molecule has 0 radical (unpaired) electrons. The summed E-state index contributed by atoms with van der Waals surface area (Å²) in [7, 11) is 0.0756. The second-order valence-corrected chi connectivity index (χ2v) is 14.8. The highest BCUT2D eigenvalue weighted by Crippen LogP contribution is 2.40. The number of carbonyl (C=O) groups is 1. The summed E-state index contributed by atoms with van der Waals surface area (Å²) in [5.74, 6) is -0.169. The van der Waals surface area contributed by atoms with Gasteiger partial charge in [-0.05, 0) is 105 Å². The van der Waals surface area contributed by atoms with Crippen LogP contribution in [0.3, 0.4) is 0 Å². The van der Waals surface area contributed by atoms with Crippen LogP contribution in [-0.4, -0.2) is 38.7 Å². The molecule has 4 rings (SSSR count). The SMILES string of the molecule is CCOC(=O)Cn1c(C)c(Cc2ccc([SH](=O)(P)N3CCCC3)cc2)c2c1CCC(C)(C)C2. The molecule has 2 heterocycles. The number of ether oxygens (including phenoxy) is 1. The van der Waals surface area contributed by atoms with E-state index in [1.54, 1.807) is 0 Å². The molecule has 1 atom stereocenters. The summed E-state index contributed by atoms with van der Waals surface area (Å²) in [6.07, 6.45) is 6.22. The van der Waals surface area contributed by atoms with Crippen molar-refractivity contribution in [1.29, 1.82) is 0 Å². The lowest BCUT2D eigenvalue weighted by molar-refractivity contribution is -0.143. The molecule has 5 nitrogen and oxygen atoms in total. The number of carbonyl (C=O) groups excluding carboxylic acids is 1. The summed E-state index contributed by atoms with van der Waals surface area (Å²) in [5, 5.41) is 0. The van der Waals surface area contributed by atoms with E-state index in [2.05, 4.69) is 50.2 Å². The van der Waals surface area contributed by atoms with Gasteiger partial charge in [-0.2, -0.15) is 0 Å². The van der Waals surface area contributed by atoms with E-state index in [-0.39, 0.29) is 17.9 Å². The fourth-order valence-electron chi connectivity index (χ4n) is 5.42. The summed E-state index contributed by atoms with van der Waals surface area (Å²) in [6.45, 7) is 11.2. The van der Waals surface area contributed by atoms with Crippen molar-refractivity contribution in [2.45, 2.75) is 77.7 Å². The van der Waals surface area contributed by atoms with Gasteiger partial charge in [0.2, 0.25) is 0 Å². The Morgan fingerprint density at radius 3 is 2.48 bits per heavy atom. The van der Waals surface area contributed by atoms with Crippen LogP contribution in [0, 0.1) is 12.3 Å². The molecule has 1 fully saturated rings. The van der Waals surface area contributed by atoms with E-state index in [0.717, 1.165) is 56.5 Å². The Morgan fingerprint density at radius 2 is 1.85 bits per heavy atom. The average molecular weight is 491 g/mol. The van der Waals surface area contributed by atoms with Crippen molar-refractivity contribution in [3.8, 4) is 0 Å². The number of thiol groups is 1. The minimum absolute atomic E-state index is 0.169. The van der Waals surface area contributed by atoms with E-state index < -0.39 is 9.74 Å². The third kappa shape index (κ3) is 5.13. The summed E-state index contributed by atoms with van der Waals surface area (Å²) in [4.78, 5) is 13.2. The topological polar surface area (TPSA) is 51.5 Å². The zero-order valence-corrected chi connectivity index (χ0v) is 22.6. The van der Waals surface area contributed by atoms with E-state index >= 15 is 0 Å². The first kappa shape index (κ1) is 24.6. The lowest BCUT2D eigenvalue weighted by Crippen LogP contribution is -2.29. The smallest absolute Gasteiger partial charge is 0.325 e. The van der Waals surface area contributed by atoms with E-state index in [0.29, 0.717) is 6.61 Å². The summed E-state index contributed by atoms with van der Waals surface area (Å²) in [6, 6.07) is 8.35. The first-order chi connectivity index (χ1) is 15.6. The van der Waals surface area contributed by atoms with Gasteiger partial charge in [0.15, 0.2) is 0 Å². The quantitative estimate of drug-likeness (QED) is 0.350. The van der Waals surface area contributed by atoms with Gasteiger partial charge in [-0.3, -0.25) is 9.00 Å². The Hall–Kier alpha value is -1.49. The first-order valence-corrected chi connectivity index (χ1v) is 15.5. The molecule has 2 aromatic rings. The number of hydrogen-bond donors (Lipinski definition) is 1. The fourth-order valence-corrected chi connectivity index (χ4v) is 8.40. The molecular formula is C26H39N2O3PS. The van der Waals surface area contributed by atoms with Crippen LogP contribution in [0.25, 0.3) is 0 Å². The molecule has 0 N–H and O–H groups in total. The lowest BCUT2D eigenvalue weighted by atomic mass is 9.75. The Kier molecular flexibility index (Phi) is 7.19. The maximum absolute atomic E-state index is 13.4. The normalized spacial score (nSPS) is 18.8. The molecule has 2 aliphatic rings. The second-order valence-electron chi connectivity index (χ2n) is 10.3. The minimum atomic E-state index is -2.56. The van der Waals surface area contributed by atoms with E-state index in [1.807, 2.05) is 19.1 Å². The third-order valence-corrected chi connectivity index (χ3v) is 11.5. The predicted molar refractivity (Wildman–Crippen MR) is 139 cm³/mol. The molecule has 1 aromatic heterocycles. The van der Waals surface area contributed by atoms with E-state index in [9.17, 15) is 9.00 Å². The van der Waals surface area contributed by atoms with Crippen LogP contribution < -0.4 is 0 Å². The van der Waals surface area contributed by atoms with Crippen molar-refractivity contribution in [2.75, 3.05) is 19.7 Å². The number of benzene rings is 1. The van der Waals surface area contributed by atoms with Crippen molar-refractivity contribution >= 4 is 24.1 Å². The summed E-state index contributed by atoms with van der Waals surface area (Å²) in [5.41, 5.74) is 6.69. The van der Waals surface area contributed by atoms with Crippen LogP contribution in [0.4, 0.5) is 0 Å². The van der Waals surface area contributed by atoms with Gasteiger partial charge >= 0.3 is 5.97 Å². The van der Waals surface area contributed by atoms with Crippen LogP contribution in [-0.2, 0) is 45.1 Å². The van der Waals surface area contributed by atoms with Gasteiger partial charge in [0, 0.05) is 29.4 Å². The number of hydrogen-bond acceptors (Lipinski definition) is 3. The molecule has 33 heavy (non-hydrogen) atoms. The molecule has 1 aliphatic carbocycles. The average Bonchev–Trinajstić information content (AvgIpc) is 3.38. The van der Waals surface area contributed by atoms with E-state index in [4.69, 9.17) is 4.74 Å². The standard InChI is InChI=1S/C26H39N2O3PS/c1-5-31-25(29)18-28-19(2)22(23-17-26(3,4)13-12-24(23)28)16-20-8-10-21(11-9-20)33(30,32)27-14-6-7-15-27/h8-11,33H,5-7,12-18,32H2,1-4H3. The van der Waals surface area contributed by atoms with Crippen molar-refractivity contribution in [2.24, 2.45) is 5.41 Å². The second kappa shape index (κ2) is 9.64. The Labute approximate surface area is 201 Å². The zero-order chi connectivity index (χ0) is 23.8. The molecule has 1 unspecified atom stereocenters. The Balaban J connectivity index is 1.63. The third-order valence-electron chi connectivity index (χ3n) is 7.36. The molecule has 1 aromatic carbocycles. The minimum Gasteiger partial charge on any atom is -0.465 e. The molecule has 0 amide bonds. The molecule has 182 valence electrons.